The number of nitroso groups, excluding NO2 is 1. The van der Waals surface area contributed by atoms with Crippen molar-refractivity contribution in [1.82, 2.24) is 0 Å². The monoisotopic (exact) mass is 527 g/mol. The summed E-state index contributed by atoms with van der Waals surface area (Å²) in [5.74, 6) is -0.00454. The van der Waals surface area contributed by atoms with Crippen LogP contribution in [-0.2, 0) is 4.79 Å². The van der Waals surface area contributed by atoms with E-state index in [1.165, 1.54) is 5.57 Å². The van der Waals surface area contributed by atoms with Crippen molar-refractivity contribution in [3.8, 4) is 0 Å². The quantitative estimate of drug-likeness (QED) is 0.0858. The Balaban J connectivity index is 2.29. The Morgan fingerprint density at radius 1 is 1.00 bits per heavy atom. The molecule has 1 rings (SSSR count). The van der Waals surface area contributed by atoms with Crippen molar-refractivity contribution < 1.29 is 20.1 Å². The molecule has 7 heteroatoms. The fourth-order valence-corrected chi connectivity index (χ4v) is 5.86. The zero-order valence-corrected chi connectivity index (χ0v) is 24.5. The molecule has 0 aromatic heterocycles. The van der Waals surface area contributed by atoms with Crippen LogP contribution in [0.1, 0.15) is 119 Å². The molecule has 0 spiro atoms. The second-order valence-electron chi connectivity index (χ2n) is 12.4. The molecule has 0 aliphatic heterocycles. The molecule has 0 bridgehead atoms. The largest absolute Gasteiger partial charge is 0.481 e. The Morgan fingerprint density at radius 3 is 2.17 bits per heavy atom. The van der Waals surface area contributed by atoms with Crippen LogP contribution in [0.3, 0.4) is 0 Å². The lowest BCUT2D eigenvalue weighted by atomic mass is 9.78. The number of carbonyl (C=O) groups is 1. The van der Waals surface area contributed by atoms with Gasteiger partial charge in [-0.3, -0.25) is 4.79 Å². The second kappa shape index (κ2) is 15.5. The molecule has 6 nitrogen and oxygen atoms in total. The van der Waals surface area contributed by atoms with Crippen molar-refractivity contribution >= 4 is 18.6 Å². The van der Waals surface area contributed by atoms with Crippen LogP contribution < -0.4 is 0 Å². The van der Waals surface area contributed by atoms with Gasteiger partial charge in [0, 0.05) is 5.25 Å². The molecule has 210 valence electrons. The van der Waals surface area contributed by atoms with E-state index < -0.39 is 23.0 Å². The van der Waals surface area contributed by atoms with Gasteiger partial charge in [0.25, 0.3) is 0 Å². The molecule has 0 amide bonds. The molecule has 8 atom stereocenters. The van der Waals surface area contributed by atoms with E-state index in [1.807, 2.05) is 19.9 Å². The molecule has 0 aromatic rings. The van der Waals surface area contributed by atoms with Crippen LogP contribution >= 0.6 is 12.6 Å². The fraction of sp³-hybridized carbons (Fsp3) is 0.897. The lowest BCUT2D eigenvalue weighted by molar-refractivity contribution is -0.141. The highest BCUT2D eigenvalue weighted by atomic mass is 32.1. The number of aliphatic hydroxyl groups excluding tert-OH is 1. The average molecular weight is 528 g/mol. The van der Waals surface area contributed by atoms with E-state index in [9.17, 15) is 19.9 Å². The van der Waals surface area contributed by atoms with Crippen molar-refractivity contribution in [2.75, 3.05) is 0 Å². The first-order chi connectivity index (χ1) is 16.7. The van der Waals surface area contributed by atoms with Crippen molar-refractivity contribution in [3.63, 3.8) is 0 Å². The first-order valence-electron chi connectivity index (χ1n) is 14.1. The second-order valence-corrected chi connectivity index (χ2v) is 12.9. The lowest BCUT2D eigenvalue weighted by Crippen LogP contribution is -2.34. The Hall–Kier alpha value is -0.920. The minimum absolute atomic E-state index is 0.235. The topological polar surface area (TPSA) is 107 Å². The van der Waals surface area contributed by atoms with Gasteiger partial charge in [0.2, 0.25) is 0 Å². The van der Waals surface area contributed by atoms with Gasteiger partial charge in [0.1, 0.15) is 0 Å². The van der Waals surface area contributed by atoms with Gasteiger partial charge in [-0.2, -0.15) is 17.5 Å². The van der Waals surface area contributed by atoms with Gasteiger partial charge in [-0.1, -0.05) is 70.2 Å². The maximum absolute atomic E-state index is 11.4. The summed E-state index contributed by atoms with van der Waals surface area (Å²) in [6.45, 7) is 11.9. The lowest BCUT2D eigenvalue weighted by Gasteiger charge is -2.35. The standard InChI is InChI=1S/C29H53NO5S/c1-20(11-7-14-24-19-25(31)22(3)23(4)26(24)36)12-8-17-29(6,34)18-10-16-28(5,30-35)15-9-13-21(2)27(32)33/h19-23,25-26,31,34,36H,7-18H2,1-6H3,(H,32,33). The van der Waals surface area contributed by atoms with E-state index >= 15 is 0 Å². The first-order valence-corrected chi connectivity index (χ1v) is 14.6. The Labute approximate surface area is 225 Å². The predicted octanol–water partition coefficient (Wildman–Crippen LogP) is 7.17. The molecular weight excluding hydrogens is 474 g/mol. The summed E-state index contributed by atoms with van der Waals surface area (Å²) in [6, 6.07) is 0. The van der Waals surface area contributed by atoms with Gasteiger partial charge in [-0.15, -0.1) is 0 Å². The normalized spacial score (nSPS) is 27.4. The van der Waals surface area contributed by atoms with Crippen LogP contribution in [-0.4, -0.2) is 43.8 Å². The Kier molecular flexibility index (Phi) is 14.2. The highest BCUT2D eigenvalue weighted by molar-refractivity contribution is 7.81. The molecule has 0 fully saturated rings. The molecule has 3 N–H and O–H groups in total. The molecular formula is C29H53NO5S. The van der Waals surface area contributed by atoms with E-state index in [4.69, 9.17) is 17.7 Å². The summed E-state index contributed by atoms with van der Waals surface area (Å²) in [4.78, 5) is 22.4. The number of nitrogens with zero attached hydrogens (tertiary/aromatic N) is 1. The zero-order chi connectivity index (χ0) is 27.5. The van der Waals surface area contributed by atoms with E-state index in [1.54, 1.807) is 6.92 Å². The number of rotatable bonds is 18. The minimum atomic E-state index is -0.807. The molecule has 0 saturated heterocycles. The summed E-state index contributed by atoms with van der Waals surface area (Å²) < 4.78 is 0. The number of aliphatic hydroxyl groups is 2. The van der Waals surface area contributed by atoms with Crippen molar-refractivity contribution in [2.24, 2.45) is 28.8 Å². The Morgan fingerprint density at radius 2 is 1.56 bits per heavy atom. The van der Waals surface area contributed by atoms with Gasteiger partial charge in [-0.05, 0) is 83.0 Å². The molecule has 36 heavy (non-hydrogen) atoms. The predicted molar refractivity (Wildman–Crippen MR) is 151 cm³/mol. The first kappa shape index (κ1) is 33.1. The van der Waals surface area contributed by atoms with Crippen LogP contribution in [0.2, 0.25) is 0 Å². The average Bonchev–Trinajstić information content (AvgIpc) is 2.80. The van der Waals surface area contributed by atoms with Gasteiger partial charge in [0.05, 0.1) is 23.2 Å². The molecule has 1 aliphatic rings. The third kappa shape index (κ3) is 11.6. The molecule has 0 radical (unpaired) electrons. The summed E-state index contributed by atoms with van der Waals surface area (Å²) in [5, 5.41) is 33.7. The maximum atomic E-state index is 11.4. The van der Waals surface area contributed by atoms with E-state index in [0.29, 0.717) is 43.9 Å². The highest BCUT2D eigenvalue weighted by Gasteiger charge is 2.32. The van der Waals surface area contributed by atoms with Gasteiger partial charge in [-0.25, -0.2) is 0 Å². The van der Waals surface area contributed by atoms with Gasteiger partial charge < -0.3 is 15.3 Å². The van der Waals surface area contributed by atoms with E-state index in [-0.39, 0.29) is 17.3 Å². The van der Waals surface area contributed by atoms with Crippen LogP contribution in [0.25, 0.3) is 0 Å². The number of carboxylic acids is 1. The minimum Gasteiger partial charge on any atom is -0.481 e. The summed E-state index contributed by atoms with van der Waals surface area (Å²) in [5.41, 5.74) is -0.176. The molecule has 1 aliphatic carbocycles. The summed E-state index contributed by atoms with van der Waals surface area (Å²) in [6.07, 6.45) is 11.4. The number of thiol groups is 1. The number of carboxylic acid groups (broad SMARTS) is 1. The number of hydrogen-bond acceptors (Lipinski definition) is 6. The molecule has 0 aromatic carbocycles. The number of aliphatic carboxylic acids is 1. The van der Waals surface area contributed by atoms with Gasteiger partial charge in [0.15, 0.2) is 0 Å². The summed E-state index contributed by atoms with van der Waals surface area (Å²) in [7, 11) is 0. The summed E-state index contributed by atoms with van der Waals surface area (Å²) >= 11 is 4.80. The van der Waals surface area contributed by atoms with Crippen molar-refractivity contribution in [3.05, 3.63) is 16.6 Å². The van der Waals surface area contributed by atoms with E-state index in [2.05, 4.69) is 25.9 Å². The van der Waals surface area contributed by atoms with Crippen LogP contribution in [0, 0.1) is 28.6 Å². The van der Waals surface area contributed by atoms with E-state index in [0.717, 1.165) is 44.9 Å². The molecule has 0 heterocycles. The highest BCUT2D eigenvalue weighted by Crippen LogP contribution is 2.36. The van der Waals surface area contributed by atoms with Crippen LogP contribution in [0.15, 0.2) is 16.8 Å². The SMILES string of the molecule is CC(CCCC1=CC(O)C(C)C(C)C1S)CCCC(C)(O)CCCC(C)(CCCC(C)C(=O)O)N=O. The third-order valence-corrected chi connectivity index (χ3v) is 9.43. The third-order valence-electron chi connectivity index (χ3n) is 8.63. The number of hydrogen-bond donors (Lipinski definition) is 4. The van der Waals surface area contributed by atoms with Crippen molar-refractivity contribution in [2.45, 2.75) is 141 Å². The fourth-order valence-electron chi connectivity index (χ4n) is 5.37. The zero-order valence-electron chi connectivity index (χ0n) is 23.6. The van der Waals surface area contributed by atoms with Crippen molar-refractivity contribution in [1.29, 1.82) is 0 Å². The van der Waals surface area contributed by atoms with Crippen LogP contribution in [0.5, 0.6) is 0 Å². The smallest absolute Gasteiger partial charge is 0.306 e. The molecule has 0 saturated carbocycles. The maximum Gasteiger partial charge on any atom is 0.306 e. The Bertz CT molecular complexity index is 712. The van der Waals surface area contributed by atoms with Gasteiger partial charge >= 0.3 is 5.97 Å². The molecule has 8 unspecified atom stereocenters. The van der Waals surface area contributed by atoms with Crippen LogP contribution in [0.4, 0.5) is 0 Å².